The molecule has 0 saturated heterocycles. The standard InChI is InChI=1S/C17H24O4/c1-4-19-16(18)17(10-5-6-11-17)21-15-9-7-8-14(12-15)20-13(2)3/h7-9,12-13H,4-6,10-11H2,1-3H3. The van der Waals surface area contributed by atoms with E-state index in [1.54, 1.807) is 0 Å². The fraction of sp³-hybridized carbons (Fsp3) is 0.588. The predicted molar refractivity (Wildman–Crippen MR) is 80.7 cm³/mol. The molecule has 4 nitrogen and oxygen atoms in total. The lowest BCUT2D eigenvalue weighted by molar-refractivity contribution is -0.161. The van der Waals surface area contributed by atoms with Crippen LogP contribution in [0.5, 0.6) is 11.5 Å². The van der Waals surface area contributed by atoms with Gasteiger partial charge in [-0.3, -0.25) is 0 Å². The van der Waals surface area contributed by atoms with Crippen molar-refractivity contribution in [1.29, 1.82) is 0 Å². The largest absolute Gasteiger partial charge is 0.491 e. The average Bonchev–Trinajstić information content (AvgIpc) is 2.88. The summed E-state index contributed by atoms with van der Waals surface area (Å²) in [5, 5.41) is 0. The van der Waals surface area contributed by atoms with Gasteiger partial charge < -0.3 is 14.2 Å². The molecule has 0 amide bonds. The van der Waals surface area contributed by atoms with Crippen LogP contribution in [0.15, 0.2) is 24.3 Å². The Morgan fingerprint density at radius 1 is 1.24 bits per heavy atom. The second-order valence-corrected chi connectivity index (χ2v) is 5.67. The molecule has 0 aromatic heterocycles. The highest BCUT2D eigenvalue weighted by Crippen LogP contribution is 2.36. The second-order valence-electron chi connectivity index (χ2n) is 5.67. The van der Waals surface area contributed by atoms with Gasteiger partial charge in [0.05, 0.1) is 12.7 Å². The summed E-state index contributed by atoms with van der Waals surface area (Å²) in [6, 6.07) is 7.45. The van der Waals surface area contributed by atoms with Gasteiger partial charge in [-0.05, 0) is 58.6 Å². The molecule has 0 bridgehead atoms. The fourth-order valence-electron chi connectivity index (χ4n) is 2.67. The van der Waals surface area contributed by atoms with Crippen LogP contribution in [0.1, 0.15) is 46.5 Å². The third-order valence-electron chi connectivity index (χ3n) is 3.55. The van der Waals surface area contributed by atoms with Gasteiger partial charge in [0.2, 0.25) is 5.60 Å². The van der Waals surface area contributed by atoms with E-state index in [-0.39, 0.29) is 12.1 Å². The molecule has 0 spiro atoms. The molecule has 4 heteroatoms. The van der Waals surface area contributed by atoms with Crippen molar-refractivity contribution >= 4 is 5.97 Å². The minimum absolute atomic E-state index is 0.103. The maximum Gasteiger partial charge on any atom is 0.350 e. The Bertz CT molecular complexity index is 475. The van der Waals surface area contributed by atoms with Gasteiger partial charge in [0.15, 0.2) is 0 Å². The van der Waals surface area contributed by atoms with Crippen LogP contribution < -0.4 is 9.47 Å². The van der Waals surface area contributed by atoms with Gasteiger partial charge in [0.1, 0.15) is 11.5 Å². The van der Waals surface area contributed by atoms with Crippen LogP contribution in [0.2, 0.25) is 0 Å². The Morgan fingerprint density at radius 2 is 1.90 bits per heavy atom. The SMILES string of the molecule is CCOC(=O)C1(Oc2cccc(OC(C)C)c2)CCCC1. The number of ether oxygens (including phenoxy) is 3. The Morgan fingerprint density at radius 3 is 2.52 bits per heavy atom. The topological polar surface area (TPSA) is 44.8 Å². The highest BCUT2D eigenvalue weighted by molar-refractivity contribution is 5.80. The van der Waals surface area contributed by atoms with E-state index in [0.717, 1.165) is 18.6 Å². The zero-order chi connectivity index (χ0) is 15.3. The maximum absolute atomic E-state index is 12.3. The summed E-state index contributed by atoms with van der Waals surface area (Å²) in [5.74, 6) is 1.15. The number of hydrogen-bond donors (Lipinski definition) is 0. The maximum atomic E-state index is 12.3. The molecule has 0 aliphatic heterocycles. The first-order chi connectivity index (χ1) is 10.1. The molecule has 1 saturated carbocycles. The Labute approximate surface area is 126 Å². The highest BCUT2D eigenvalue weighted by Gasteiger charge is 2.45. The summed E-state index contributed by atoms with van der Waals surface area (Å²) in [6.45, 7) is 6.15. The minimum atomic E-state index is -0.827. The lowest BCUT2D eigenvalue weighted by Gasteiger charge is -2.28. The van der Waals surface area contributed by atoms with Crippen molar-refractivity contribution < 1.29 is 19.0 Å². The van der Waals surface area contributed by atoms with Crippen molar-refractivity contribution in [2.75, 3.05) is 6.61 Å². The molecule has 0 radical (unpaired) electrons. The van der Waals surface area contributed by atoms with E-state index in [9.17, 15) is 4.79 Å². The van der Waals surface area contributed by atoms with Gasteiger partial charge in [0, 0.05) is 6.07 Å². The van der Waals surface area contributed by atoms with E-state index < -0.39 is 5.60 Å². The first kappa shape index (κ1) is 15.7. The Hall–Kier alpha value is -1.71. The van der Waals surface area contributed by atoms with Gasteiger partial charge in [-0.2, -0.15) is 0 Å². The summed E-state index contributed by atoms with van der Waals surface area (Å²) in [7, 11) is 0. The van der Waals surface area contributed by atoms with E-state index in [0.29, 0.717) is 25.2 Å². The average molecular weight is 292 g/mol. The van der Waals surface area contributed by atoms with Crippen LogP contribution in [-0.2, 0) is 9.53 Å². The molecule has 0 atom stereocenters. The van der Waals surface area contributed by atoms with Crippen LogP contribution in [0.3, 0.4) is 0 Å². The number of rotatable bonds is 6. The van der Waals surface area contributed by atoms with E-state index in [1.165, 1.54) is 0 Å². The van der Waals surface area contributed by atoms with Crippen molar-refractivity contribution in [3.63, 3.8) is 0 Å². The number of carbonyl (C=O) groups is 1. The lowest BCUT2D eigenvalue weighted by atomic mass is 10.0. The molecule has 2 rings (SSSR count). The molecule has 1 aromatic rings. The minimum Gasteiger partial charge on any atom is -0.491 e. The summed E-state index contributed by atoms with van der Waals surface area (Å²) < 4.78 is 16.9. The van der Waals surface area contributed by atoms with Crippen molar-refractivity contribution in [2.45, 2.75) is 58.2 Å². The summed E-state index contributed by atoms with van der Waals surface area (Å²) in [4.78, 5) is 12.3. The first-order valence-electron chi connectivity index (χ1n) is 7.69. The van der Waals surface area contributed by atoms with Gasteiger partial charge in [-0.15, -0.1) is 0 Å². The molecule has 116 valence electrons. The molecular weight excluding hydrogens is 268 g/mol. The van der Waals surface area contributed by atoms with Gasteiger partial charge >= 0.3 is 5.97 Å². The number of hydrogen-bond acceptors (Lipinski definition) is 4. The van der Waals surface area contributed by atoms with Gasteiger partial charge in [0.25, 0.3) is 0 Å². The molecule has 0 heterocycles. The van der Waals surface area contributed by atoms with Gasteiger partial charge in [-0.25, -0.2) is 4.79 Å². The summed E-state index contributed by atoms with van der Waals surface area (Å²) >= 11 is 0. The zero-order valence-corrected chi connectivity index (χ0v) is 13.1. The quantitative estimate of drug-likeness (QED) is 0.749. The Kier molecular flexibility index (Phi) is 5.10. The third kappa shape index (κ3) is 3.90. The molecule has 1 aliphatic carbocycles. The van der Waals surface area contributed by atoms with Crippen LogP contribution in [0, 0.1) is 0 Å². The van der Waals surface area contributed by atoms with E-state index >= 15 is 0 Å². The molecule has 1 aromatic carbocycles. The first-order valence-corrected chi connectivity index (χ1v) is 7.69. The van der Waals surface area contributed by atoms with Crippen LogP contribution in [0.25, 0.3) is 0 Å². The smallest absolute Gasteiger partial charge is 0.350 e. The van der Waals surface area contributed by atoms with E-state index in [2.05, 4.69) is 0 Å². The molecular formula is C17H24O4. The third-order valence-corrected chi connectivity index (χ3v) is 3.55. The number of benzene rings is 1. The molecule has 1 aliphatic rings. The Balaban J connectivity index is 2.15. The lowest BCUT2D eigenvalue weighted by Crippen LogP contribution is -2.43. The van der Waals surface area contributed by atoms with Crippen molar-refractivity contribution in [2.24, 2.45) is 0 Å². The van der Waals surface area contributed by atoms with Crippen molar-refractivity contribution in [3.8, 4) is 11.5 Å². The summed E-state index contributed by atoms with van der Waals surface area (Å²) in [6.07, 6.45) is 3.50. The molecule has 0 unspecified atom stereocenters. The number of carbonyl (C=O) groups excluding carboxylic acids is 1. The highest BCUT2D eigenvalue weighted by atomic mass is 16.6. The molecule has 1 fully saturated rings. The van der Waals surface area contributed by atoms with E-state index in [1.807, 2.05) is 45.0 Å². The normalized spacial score (nSPS) is 16.8. The molecule has 0 N–H and O–H groups in total. The number of esters is 1. The molecule has 21 heavy (non-hydrogen) atoms. The van der Waals surface area contributed by atoms with Crippen LogP contribution in [0.4, 0.5) is 0 Å². The summed E-state index contributed by atoms with van der Waals surface area (Å²) in [5.41, 5.74) is -0.827. The van der Waals surface area contributed by atoms with Crippen molar-refractivity contribution in [3.05, 3.63) is 24.3 Å². The van der Waals surface area contributed by atoms with Crippen molar-refractivity contribution in [1.82, 2.24) is 0 Å². The predicted octanol–water partition coefficient (Wildman–Crippen LogP) is 3.73. The monoisotopic (exact) mass is 292 g/mol. The van der Waals surface area contributed by atoms with Crippen LogP contribution >= 0.6 is 0 Å². The van der Waals surface area contributed by atoms with E-state index in [4.69, 9.17) is 14.2 Å². The van der Waals surface area contributed by atoms with Gasteiger partial charge in [-0.1, -0.05) is 6.07 Å². The zero-order valence-electron chi connectivity index (χ0n) is 13.1. The fourth-order valence-corrected chi connectivity index (χ4v) is 2.67. The second kappa shape index (κ2) is 6.83. The van der Waals surface area contributed by atoms with Crippen LogP contribution in [-0.4, -0.2) is 24.3 Å².